The molecule has 0 unspecified atom stereocenters. The van der Waals surface area contributed by atoms with Crippen molar-refractivity contribution in [3.8, 4) is 0 Å². The molecule has 5 heterocycles. The van der Waals surface area contributed by atoms with Gasteiger partial charge in [-0.2, -0.15) is 0 Å². The van der Waals surface area contributed by atoms with Crippen LogP contribution in [-0.2, 0) is 17.8 Å². The van der Waals surface area contributed by atoms with Crippen LogP contribution in [0.1, 0.15) is 70.5 Å². The molecule has 2 fully saturated rings. The fraction of sp³-hybridized carbons (Fsp3) is 0.680. The number of unbranched alkanes of at least 4 members (excludes halogenated alkanes) is 2. The van der Waals surface area contributed by atoms with Gasteiger partial charge in [0.25, 0.3) is 5.56 Å². The Balaban J connectivity index is 1.27. The molecular formula is C25H36N6O2S. The molecule has 0 N–H and O–H groups in total. The van der Waals surface area contributed by atoms with Crippen molar-refractivity contribution in [3.63, 3.8) is 0 Å². The van der Waals surface area contributed by atoms with Crippen LogP contribution in [0.2, 0.25) is 0 Å². The predicted octanol–water partition coefficient (Wildman–Crippen LogP) is 3.71. The second kappa shape index (κ2) is 10.6. The van der Waals surface area contributed by atoms with Crippen molar-refractivity contribution < 1.29 is 4.79 Å². The minimum Gasteiger partial charge on any atom is -0.343 e. The Morgan fingerprint density at radius 2 is 1.88 bits per heavy atom. The van der Waals surface area contributed by atoms with Crippen molar-refractivity contribution in [2.24, 2.45) is 0 Å². The normalized spacial score (nSPS) is 18.3. The van der Waals surface area contributed by atoms with Crippen LogP contribution in [0.5, 0.6) is 0 Å². The molecular weight excluding hydrogens is 448 g/mol. The molecule has 0 aromatic carbocycles. The summed E-state index contributed by atoms with van der Waals surface area (Å²) in [4.78, 5) is 30.7. The van der Waals surface area contributed by atoms with Crippen molar-refractivity contribution >= 4 is 33.2 Å². The first kappa shape index (κ1) is 23.5. The SMILES string of the molecule is CCCCCn1c(=O)c2sccc2n2c(CCC(=O)N3CCC(N4CCCCC4)CC3)nnc12. The van der Waals surface area contributed by atoms with Crippen LogP contribution in [-0.4, -0.2) is 67.1 Å². The van der Waals surface area contributed by atoms with E-state index in [9.17, 15) is 9.59 Å². The molecule has 2 saturated heterocycles. The predicted molar refractivity (Wildman–Crippen MR) is 136 cm³/mol. The van der Waals surface area contributed by atoms with Crippen LogP contribution >= 0.6 is 11.3 Å². The first-order valence-corrected chi connectivity index (χ1v) is 13.9. The summed E-state index contributed by atoms with van der Waals surface area (Å²) in [5.74, 6) is 1.56. The highest BCUT2D eigenvalue weighted by Crippen LogP contribution is 2.23. The smallest absolute Gasteiger partial charge is 0.272 e. The van der Waals surface area contributed by atoms with Gasteiger partial charge in [-0.3, -0.25) is 18.6 Å². The van der Waals surface area contributed by atoms with Gasteiger partial charge in [0.1, 0.15) is 10.5 Å². The zero-order chi connectivity index (χ0) is 23.5. The Kier molecular flexibility index (Phi) is 7.29. The Morgan fingerprint density at radius 1 is 1.09 bits per heavy atom. The molecule has 1 amide bonds. The van der Waals surface area contributed by atoms with Crippen LogP contribution in [0.15, 0.2) is 16.2 Å². The molecule has 0 radical (unpaired) electrons. The van der Waals surface area contributed by atoms with Gasteiger partial charge in [-0.1, -0.05) is 26.2 Å². The van der Waals surface area contributed by atoms with Crippen molar-refractivity contribution in [1.29, 1.82) is 0 Å². The summed E-state index contributed by atoms with van der Waals surface area (Å²) in [7, 11) is 0. The maximum atomic E-state index is 13.0. The highest BCUT2D eigenvalue weighted by atomic mass is 32.1. The van der Waals surface area contributed by atoms with Gasteiger partial charge in [-0.15, -0.1) is 21.5 Å². The molecule has 8 nitrogen and oxygen atoms in total. The summed E-state index contributed by atoms with van der Waals surface area (Å²) in [6.07, 6.45) is 10.2. The molecule has 2 aliphatic rings. The molecule has 0 bridgehead atoms. The van der Waals surface area contributed by atoms with E-state index >= 15 is 0 Å². The molecule has 0 atom stereocenters. The lowest BCUT2D eigenvalue weighted by atomic mass is 9.99. The number of hydrogen-bond acceptors (Lipinski definition) is 6. The monoisotopic (exact) mass is 484 g/mol. The van der Waals surface area contributed by atoms with Crippen LogP contribution in [0, 0.1) is 0 Å². The van der Waals surface area contributed by atoms with E-state index in [1.54, 1.807) is 4.57 Å². The molecule has 3 aromatic heterocycles. The first-order valence-electron chi connectivity index (χ1n) is 13.0. The topological polar surface area (TPSA) is 75.7 Å². The quantitative estimate of drug-likeness (QED) is 0.456. The largest absolute Gasteiger partial charge is 0.343 e. The van der Waals surface area contributed by atoms with Gasteiger partial charge in [0.05, 0.1) is 5.52 Å². The lowest BCUT2D eigenvalue weighted by Crippen LogP contribution is -2.48. The average Bonchev–Trinajstić information content (AvgIpc) is 3.53. The van der Waals surface area contributed by atoms with Gasteiger partial charge in [0, 0.05) is 38.5 Å². The third kappa shape index (κ3) is 4.64. The number of thiophene rings is 1. The van der Waals surface area contributed by atoms with Gasteiger partial charge in [0.2, 0.25) is 11.7 Å². The molecule has 2 aliphatic heterocycles. The maximum Gasteiger partial charge on any atom is 0.272 e. The third-order valence-electron chi connectivity index (χ3n) is 7.55. The van der Waals surface area contributed by atoms with E-state index in [0.29, 0.717) is 31.2 Å². The standard InChI is InChI=1S/C25H36N6O2S/c1-2-3-5-15-30-24(33)23-20(12-18-34-23)31-21(26-27-25(30)31)8-9-22(32)29-16-10-19(11-17-29)28-13-6-4-7-14-28/h12,18-19H,2-11,13-17H2,1H3. The lowest BCUT2D eigenvalue weighted by Gasteiger charge is -2.40. The zero-order valence-electron chi connectivity index (χ0n) is 20.2. The van der Waals surface area contributed by atoms with Gasteiger partial charge in [0.15, 0.2) is 0 Å². The highest BCUT2D eigenvalue weighted by molar-refractivity contribution is 7.17. The fourth-order valence-corrected chi connectivity index (χ4v) is 6.43. The number of carbonyl (C=O) groups is 1. The molecule has 184 valence electrons. The number of carbonyl (C=O) groups excluding carboxylic acids is 1. The molecule has 9 heteroatoms. The van der Waals surface area contributed by atoms with Gasteiger partial charge >= 0.3 is 0 Å². The number of amides is 1. The Bertz CT molecular complexity index is 1180. The Labute approximate surface area is 204 Å². The molecule has 0 saturated carbocycles. The third-order valence-corrected chi connectivity index (χ3v) is 8.44. The van der Waals surface area contributed by atoms with E-state index in [4.69, 9.17) is 0 Å². The molecule has 0 spiro atoms. The molecule has 3 aromatic rings. The second-order valence-corrected chi connectivity index (χ2v) is 10.7. The minimum absolute atomic E-state index is 0.0141. The van der Waals surface area contributed by atoms with E-state index in [-0.39, 0.29) is 11.5 Å². The number of aromatic nitrogens is 4. The number of aryl methyl sites for hydroxylation is 2. The molecule has 5 rings (SSSR count). The van der Waals surface area contributed by atoms with E-state index < -0.39 is 0 Å². The number of likely N-dealkylation sites (tertiary alicyclic amines) is 2. The minimum atomic E-state index is 0.0141. The van der Waals surface area contributed by atoms with Crippen LogP contribution in [0.3, 0.4) is 0 Å². The summed E-state index contributed by atoms with van der Waals surface area (Å²) >= 11 is 1.46. The van der Waals surface area contributed by atoms with Gasteiger partial charge in [-0.05, 0) is 56.6 Å². The van der Waals surface area contributed by atoms with E-state index in [1.807, 2.05) is 20.7 Å². The molecule has 0 aliphatic carbocycles. The number of nitrogens with zero attached hydrogens (tertiary/aromatic N) is 6. The van der Waals surface area contributed by atoms with Crippen LogP contribution < -0.4 is 5.56 Å². The second-order valence-electron chi connectivity index (χ2n) is 9.76. The number of piperidine rings is 2. The summed E-state index contributed by atoms with van der Waals surface area (Å²) in [6.45, 7) is 6.95. The fourth-order valence-electron chi connectivity index (χ4n) is 5.60. The molecule has 34 heavy (non-hydrogen) atoms. The number of fused-ring (bicyclic) bond motifs is 3. The maximum absolute atomic E-state index is 13.0. The van der Waals surface area contributed by atoms with Gasteiger partial charge < -0.3 is 9.80 Å². The highest BCUT2D eigenvalue weighted by Gasteiger charge is 2.28. The summed E-state index contributed by atoms with van der Waals surface area (Å²) < 4.78 is 4.49. The van der Waals surface area contributed by atoms with E-state index in [1.165, 1.54) is 43.7 Å². The summed E-state index contributed by atoms with van der Waals surface area (Å²) in [5, 5.41) is 10.8. The summed E-state index contributed by atoms with van der Waals surface area (Å²) in [5.41, 5.74) is 0.867. The number of hydrogen-bond donors (Lipinski definition) is 0. The Hall–Kier alpha value is -2.26. The van der Waals surface area contributed by atoms with Crippen LogP contribution in [0.4, 0.5) is 0 Å². The van der Waals surface area contributed by atoms with E-state index in [0.717, 1.165) is 61.2 Å². The van der Waals surface area contributed by atoms with Crippen molar-refractivity contribution in [2.75, 3.05) is 26.2 Å². The number of rotatable bonds is 8. The van der Waals surface area contributed by atoms with Crippen molar-refractivity contribution in [1.82, 2.24) is 29.0 Å². The van der Waals surface area contributed by atoms with Crippen molar-refractivity contribution in [3.05, 3.63) is 27.6 Å². The van der Waals surface area contributed by atoms with Gasteiger partial charge in [-0.25, -0.2) is 0 Å². The summed E-state index contributed by atoms with van der Waals surface area (Å²) in [6, 6.07) is 2.60. The van der Waals surface area contributed by atoms with Crippen molar-refractivity contribution in [2.45, 2.75) is 83.7 Å². The average molecular weight is 485 g/mol. The first-order chi connectivity index (χ1) is 16.7. The van der Waals surface area contributed by atoms with Crippen LogP contribution in [0.25, 0.3) is 16.0 Å². The van der Waals surface area contributed by atoms with E-state index in [2.05, 4.69) is 22.0 Å². The zero-order valence-corrected chi connectivity index (χ0v) is 21.1. The Morgan fingerprint density at radius 3 is 2.65 bits per heavy atom. The lowest BCUT2D eigenvalue weighted by molar-refractivity contribution is -0.132.